The van der Waals surface area contributed by atoms with E-state index in [9.17, 15) is 9.59 Å². The summed E-state index contributed by atoms with van der Waals surface area (Å²) >= 11 is 0. The molecule has 136 valence electrons. The van der Waals surface area contributed by atoms with Crippen molar-refractivity contribution >= 4 is 11.8 Å². The van der Waals surface area contributed by atoms with Crippen molar-refractivity contribution < 1.29 is 9.59 Å². The van der Waals surface area contributed by atoms with Gasteiger partial charge in [-0.25, -0.2) is 0 Å². The van der Waals surface area contributed by atoms with Crippen LogP contribution in [0.3, 0.4) is 0 Å². The Bertz CT molecular complexity index is 469. The smallest absolute Gasteiger partial charge is 0.227 e. The van der Waals surface area contributed by atoms with Crippen LogP contribution in [0.25, 0.3) is 0 Å². The van der Waals surface area contributed by atoms with Gasteiger partial charge in [-0.1, -0.05) is 33.6 Å². The first kappa shape index (κ1) is 17.8. The predicted octanol–water partition coefficient (Wildman–Crippen LogP) is 3.45. The second-order valence-electron chi connectivity index (χ2n) is 9.10. The van der Waals surface area contributed by atoms with Crippen LogP contribution in [0.1, 0.15) is 72.1 Å². The van der Waals surface area contributed by atoms with Crippen LogP contribution >= 0.6 is 0 Å². The fourth-order valence-corrected chi connectivity index (χ4v) is 4.94. The molecule has 0 aromatic carbocycles. The van der Waals surface area contributed by atoms with Crippen molar-refractivity contribution in [3.05, 3.63) is 0 Å². The molecule has 2 heterocycles. The number of carbonyl (C=O) groups is 2. The molecule has 3 rings (SSSR count). The Labute approximate surface area is 146 Å². The van der Waals surface area contributed by atoms with E-state index >= 15 is 0 Å². The van der Waals surface area contributed by atoms with Crippen LogP contribution in [0.2, 0.25) is 0 Å². The Kier molecular flexibility index (Phi) is 5.22. The molecule has 0 N–H and O–H groups in total. The van der Waals surface area contributed by atoms with E-state index in [4.69, 9.17) is 0 Å². The fraction of sp³-hybridized carbons (Fsp3) is 0.900. The monoisotopic (exact) mass is 334 g/mol. The molecular formula is C20H34N2O2. The third-order valence-corrected chi connectivity index (χ3v) is 6.30. The van der Waals surface area contributed by atoms with Gasteiger partial charge in [0.15, 0.2) is 0 Å². The van der Waals surface area contributed by atoms with Gasteiger partial charge in [0.2, 0.25) is 11.8 Å². The standard InChI is InChI=1S/C20H34N2O2/c1-20(2,3)19(24)21-13-10-16(11-14-21)18(23)22-12-6-9-17(22)15-7-4-5-8-15/h15-17H,4-14H2,1-3H3. The van der Waals surface area contributed by atoms with Crippen molar-refractivity contribution in [2.45, 2.75) is 78.2 Å². The zero-order valence-corrected chi connectivity index (χ0v) is 15.7. The molecule has 24 heavy (non-hydrogen) atoms. The minimum atomic E-state index is -0.320. The summed E-state index contributed by atoms with van der Waals surface area (Å²) in [6.07, 6.45) is 9.38. The Balaban J connectivity index is 1.56. The van der Waals surface area contributed by atoms with Gasteiger partial charge in [-0.05, 0) is 44.4 Å². The van der Waals surface area contributed by atoms with E-state index in [1.165, 1.54) is 38.5 Å². The fourth-order valence-electron chi connectivity index (χ4n) is 4.94. The molecule has 0 aromatic rings. The van der Waals surface area contributed by atoms with Gasteiger partial charge in [0.05, 0.1) is 0 Å². The first-order chi connectivity index (χ1) is 11.4. The lowest BCUT2D eigenvalue weighted by Gasteiger charge is -2.38. The van der Waals surface area contributed by atoms with Gasteiger partial charge in [-0.15, -0.1) is 0 Å². The number of piperidine rings is 1. The maximum Gasteiger partial charge on any atom is 0.227 e. The molecule has 4 nitrogen and oxygen atoms in total. The summed E-state index contributed by atoms with van der Waals surface area (Å²) in [4.78, 5) is 29.7. The molecule has 0 bridgehead atoms. The summed E-state index contributed by atoms with van der Waals surface area (Å²) in [6, 6.07) is 0.509. The lowest BCUT2D eigenvalue weighted by atomic mass is 9.89. The lowest BCUT2D eigenvalue weighted by molar-refractivity contribution is -0.145. The van der Waals surface area contributed by atoms with Crippen molar-refractivity contribution in [2.24, 2.45) is 17.3 Å². The van der Waals surface area contributed by atoms with E-state index in [0.717, 1.165) is 38.4 Å². The number of rotatable bonds is 2. The van der Waals surface area contributed by atoms with Crippen LogP contribution in [-0.2, 0) is 9.59 Å². The Hall–Kier alpha value is -1.06. The summed E-state index contributed by atoms with van der Waals surface area (Å²) in [7, 11) is 0. The molecule has 1 saturated carbocycles. The van der Waals surface area contributed by atoms with Gasteiger partial charge < -0.3 is 9.80 Å². The minimum absolute atomic E-state index is 0.135. The van der Waals surface area contributed by atoms with Gasteiger partial charge >= 0.3 is 0 Å². The van der Waals surface area contributed by atoms with Crippen LogP contribution < -0.4 is 0 Å². The number of carbonyl (C=O) groups excluding carboxylic acids is 2. The summed E-state index contributed by atoms with van der Waals surface area (Å²) < 4.78 is 0. The van der Waals surface area contributed by atoms with Crippen molar-refractivity contribution in [2.75, 3.05) is 19.6 Å². The van der Waals surface area contributed by atoms with Crippen LogP contribution in [0.4, 0.5) is 0 Å². The third kappa shape index (κ3) is 3.62. The molecule has 0 spiro atoms. The normalized spacial score (nSPS) is 27.0. The quantitative estimate of drug-likeness (QED) is 0.776. The average molecular weight is 335 g/mol. The highest BCUT2D eigenvalue weighted by molar-refractivity contribution is 5.83. The van der Waals surface area contributed by atoms with Crippen LogP contribution in [0, 0.1) is 17.3 Å². The molecule has 1 unspecified atom stereocenters. The molecule has 4 heteroatoms. The molecule has 2 saturated heterocycles. The molecule has 1 aliphatic carbocycles. The highest BCUT2D eigenvalue weighted by Gasteiger charge is 2.40. The Morgan fingerprint density at radius 1 is 0.833 bits per heavy atom. The van der Waals surface area contributed by atoms with Crippen molar-refractivity contribution in [1.29, 1.82) is 0 Å². The largest absolute Gasteiger partial charge is 0.342 e. The van der Waals surface area contributed by atoms with Gasteiger partial charge in [0, 0.05) is 37.0 Å². The van der Waals surface area contributed by atoms with Gasteiger partial charge in [-0.3, -0.25) is 9.59 Å². The number of likely N-dealkylation sites (tertiary alicyclic amines) is 2. The zero-order valence-electron chi connectivity index (χ0n) is 15.7. The van der Waals surface area contributed by atoms with Gasteiger partial charge in [0.25, 0.3) is 0 Å². The van der Waals surface area contributed by atoms with Gasteiger partial charge in [0.1, 0.15) is 0 Å². The van der Waals surface area contributed by atoms with E-state index < -0.39 is 0 Å². The summed E-state index contributed by atoms with van der Waals surface area (Å²) in [6.45, 7) is 8.37. The van der Waals surface area contributed by atoms with E-state index in [1.807, 2.05) is 25.7 Å². The molecule has 2 aliphatic heterocycles. The van der Waals surface area contributed by atoms with E-state index in [-0.39, 0.29) is 17.2 Å². The van der Waals surface area contributed by atoms with Crippen LogP contribution in [0.5, 0.6) is 0 Å². The Morgan fingerprint density at radius 2 is 1.46 bits per heavy atom. The third-order valence-electron chi connectivity index (χ3n) is 6.30. The maximum absolute atomic E-state index is 13.1. The number of hydrogen-bond acceptors (Lipinski definition) is 2. The van der Waals surface area contributed by atoms with Crippen LogP contribution in [0.15, 0.2) is 0 Å². The number of hydrogen-bond donors (Lipinski definition) is 0. The summed E-state index contributed by atoms with van der Waals surface area (Å²) in [5.74, 6) is 1.49. The average Bonchev–Trinajstić information content (AvgIpc) is 3.23. The second-order valence-corrected chi connectivity index (χ2v) is 9.10. The topological polar surface area (TPSA) is 40.6 Å². The molecule has 0 aromatic heterocycles. The molecule has 3 fully saturated rings. The molecular weight excluding hydrogens is 300 g/mol. The van der Waals surface area contributed by atoms with E-state index in [1.54, 1.807) is 0 Å². The molecule has 1 atom stereocenters. The zero-order chi connectivity index (χ0) is 17.3. The molecule has 3 aliphatic rings. The van der Waals surface area contributed by atoms with Crippen molar-refractivity contribution in [1.82, 2.24) is 9.80 Å². The molecule has 2 amide bonds. The van der Waals surface area contributed by atoms with E-state index in [0.29, 0.717) is 11.9 Å². The SMILES string of the molecule is CC(C)(C)C(=O)N1CCC(C(=O)N2CCCC2C2CCCC2)CC1. The number of amides is 2. The predicted molar refractivity (Wildman–Crippen MR) is 95.5 cm³/mol. The van der Waals surface area contributed by atoms with E-state index in [2.05, 4.69) is 4.90 Å². The number of nitrogens with zero attached hydrogens (tertiary/aromatic N) is 2. The highest BCUT2D eigenvalue weighted by atomic mass is 16.2. The summed E-state index contributed by atoms with van der Waals surface area (Å²) in [5.41, 5.74) is -0.320. The van der Waals surface area contributed by atoms with Crippen molar-refractivity contribution in [3.63, 3.8) is 0 Å². The molecule has 0 radical (unpaired) electrons. The van der Waals surface area contributed by atoms with Crippen LogP contribution in [-0.4, -0.2) is 47.3 Å². The first-order valence-corrected chi connectivity index (χ1v) is 9.98. The maximum atomic E-state index is 13.1. The van der Waals surface area contributed by atoms with Crippen molar-refractivity contribution in [3.8, 4) is 0 Å². The Morgan fingerprint density at radius 3 is 2.04 bits per heavy atom. The highest BCUT2D eigenvalue weighted by Crippen LogP contribution is 2.37. The minimum Gasteiger partial charge on any atom is -0.342 e. The van der Waals surface area contributed by atoms with Gasteiger partial charge in [-0.2, -0.15) is 0 Å². The summed E-state index contributed by atoms with van der Waals surface area (Å²) in [5, 5.41) is 0. The second kappa shape index (κ2) is 7.05. The first-order valence-electron chi connectivity index (χ1n) is 9.98. The lowest BCUT2D eigenvalue weighted by Crippen LogP contribution is -2.49.